The van der Waals surface area contributed by atoms with Crippen LogP contribution < -0.4 is 0 Å². The number of aliphatic hydroxyl groups is 2. The molecule has 2 N–H and O–H groups in total. The molecule has 1 amide bonds. The SMILES string of the molecule is CC[C@H]1OC(=O)[C@H](C)C(=O)[C@H](C)[C@@H](O[C@@H]2O[C@H](C)C[C@H](N(C)C)[C@H]2O)[C@]2(C)CC/C(=N/OCc3ccc(-n4cccn4)nc3)CCC[C@H]([C@@H](C)C(=NC(C)=O)[C@H](C)C2)[C@]1(C)O. The number of aliphatic hydroxyl groups excluding tert-OH is 1. The van der Waals surface area contributed by atoms with E-state index in [4.69, 9.17) is 24.2 Å². The first-order valence-corrected chi connectivity index (χ1v) is 22.1. The Morgan fingerprint density at radius 3 is 2.46 bits per heavy atom. The number of rotatable bonds is 8. The van der Waals surface area contributed by atoms with Crippen molar-refractivity contribution < 1.29 is 43.6 Å². The molecule has 338 valence electrons. The van der Waals surface area contributed by atoms with Gasteiger partial charge < -0.3 is 34.2 Å². The van der Waals surface area contributed by atoms with Gasteiger partial charge in [-0.15, -0.1) is 0 Å². The Hall–Kier alpha value is -3.89. The van der Waals surface area contributed by atoms with Gasteiger partial charge in [-0.25, -0.2) is 14.7 Å². The molecule has 2 aliphatic heterocycles. The molecule has 2 aromatic heterocycles. The quantitative estimate of drug-likeness (QED) is 0.177. The summed E-state index contributed by atoms with van der Waals surface area (Å²) in [6, 6.07) is 5.35. The predicted octanol–water partition coefficient (Wildman–Crippen LogP) is 6.12. The second kappa shape index (κ2) is 20.5. The molecule has 61 heavy (non-hydrogen) atoms. The van der Waals surface area contributed by atoms with Crippen LogP contribution >= 0.6 is 0 Å². The van der Waals surface area contributed by atoms with E-state index in [-0.39, 0.29) is 42.8 Å². The van der Waals surface area contributed by atoms with Gasteiger partial charge in [0.1, 0.15) is 30.3 Å². The Kier molecular flexibility index (Phi) is 16.2. The lowest BCUT2D eigenvalue weighted by atomic mass is 9.64. The fraction of sp³-hybridized carbons (Fsp3) is 0.717. The summed E-state index contributed by atoms with van der Waals surface area (Å²) in [5.41, 5.74) is -0.150. The van der Waals surface area contributed by atoms with E-state index in [9.17, 15) is 24.6 Å². The Morgan fingerprint density at radius 2 is 1.84 bits per heavy atom. The van der Waals surface area contributed by atoms with Crippen molar-refractivity contribution in [3.8, 4) is 5.82 Å². The van der Waals surface area contributed by atoms with Gasteiger partial charge in [0, 0.05) is 54.7 Å². The smallest absolute Gasteiger partial charge is 0.316 e. The molecular weight excluding hydrogens is 781 g/mol. The predicted molar refractivity (Wildman–Crippen MR) is 231 cm³/mol. The number of oxime groups is 1. The number of hydrogen-bond donors (Lipinski definition) is 2. The number of ketones is 1. The lowest BCUT2D eigenvalue weighted by Crippen LogP contribution is -2.58. The van der Waals surface area contributed by atoms with Crippen LogP contribution in [0.15, 0.2) is 46.9 Å². The van der Waals surface area contributed by atoms with Crippen LogP contribution in [-0.4, -0.2) is 115 Å². The van der Waals surface area contributed by atoms with E-state index < -0.39 is 65.3 Å². The average molecular weight is 851 g/mol. The third kappa shape index (κ3) is 11.4. The highest BCUT2D eigenvalue weighted by molar-refractivity contribution is 6.00. The molecule has 0 unspecified atom stereocenters. The molecule has 2 bridgehead atoms. The van der Waals surface area contributed by atoms with Gasteiger partial charge in [-0.05, 0) is 116 Å². The van der Waals surface area contributed by atoms with Gasteiger partial charge in [0.2, 0.25) is 5.91 Å². The van der Waals surface area contributed by atoms with Crippen LogP contribution in [0, 0.1) is 35.0 Å². The lowest BCUT2D eigenvalue weighted by Gasteiger charge is -2.48. The van der Waals surface area contributed by atoms with Crippen molar-refractivity contribution in [2.75, 3.05) is 14.1 Å². The van der Waals surface area contributed by atoms with Gasteiger partial charge >= 0.3 is 5.97 Å². The zero-order valence-electron chi connectivity index (χ0n) is 38.1. The second-order valence-electron chi connectivity index (χ2n) is 18.6. The molecule has 1 aliphatic carbocycles. The summed E-state index contributed by atoms with van der Waals surface area (Å²) in [7, 11) is 3.81. The zero-order chi connectivity index (χ0) is 44.8. The maximum absolute atomic E-state index is 14.6. The summed E-state index contributed by atoms with van der Waals surface area (Å²) in [4.78, 5) is 58.7. The number of likely N-dealkylation sites (N-methyl/N-ethyl adjacent to an activating group) is 1. The number of esters is 1. The Morgan fingerprint density at radius 1 is 1.10 bits per heavy atom. The largest absolute Gasteiger partial charge is 0.459 e. The molecule has 0 aromatic carbocycles. The van der Waals surface area contributed by atoms with E-state index in [2.05, 4.69) is 22.0 Å². The fourth-order valence-electron chi connectivity index (χ4n) is 10.1. The van der Waals surface area contributed by atoms with Crippen molar-refractivity contribution in [2.45, 2.75) is 163 Å². The zero-order valence-corrected chi connectivity index (χ0v) is 38.1. The summed E-state index contributed by atoms with van der Waals surface area (Å²) in [6.45, 7) is 16.5. The Balaban J connectivity index is 1.62. The molecule has 2 saturated heterocycles. The van der Waals surface area contributed by atoms with E-state index in [1.165, 1.54) is 6.92 Å². The van der Waals surface area contributed by atoms with Crippen molar-refractivity contribution in [2.24, 2.45) is 45.2 Å². The average Bonchev–Trinajstić information content (AvgIpc) is 3.76. The molecule has 3 fully saturated rings. The van der Waals surface area contributed by atoms with E-state index in [0.29, 0.717) is 56.5 Å². The number of Topliss-reactive ketones (excluding diaryl/α,β-unsaturated/α-hetero) is 1. The number of fused-ring (bicyclic) bond motifs is 5. The number of pyridine rings is 1. The standard InChI is InChI=1S/C46H70N6O9/c1-12-37-46(9,57)35-16-13-15-34(50-58-26-33-17-18-38(47-25-33)52-22-14-21-48-52)19-20-45(8,24-27(2)39(29(35)4)49-32(7)53)42(30(5)40(54)31(6)43(56)60-37)61-44-41(55)36(51(10)11)23-28(3)59-44/h14,17-18,21-22,25,27-31,35-37,41-42,44,55,57H,12-13,15-16,19-20,23-24,26H2,1-11H3/b49-39?,50-34+/t27-,28-,29-,30+,31-,35-,36+,37-,41-,42-,44+,45-,46+/m1/s1. The summed E-state index contributed by atoms with van der Waals surface area (Å²) >= 11 is 0. The van der Waals surface area contributed by atoms with Crippen LogP contribution in [-0.2, 0) is 40.0 Å². The minimum absolute atomic E-state index is 0.185. The Labute approximate surface area is 361 Å². The highest BCUT2D eigenvalue weighted by Crippen LogP contribution is 2.46. The first-order valence-electron chi connectivity index (χ1n) is 22.1. The fourth-order valence-corrected chi connectivity index (χ4v) is 10.1. The van der Waals surface area contributed by atoms with Crippen molar-refractivity contribution in [3.63, 3.8) is 0 Å². The number of nitrogens with zero attached hydrogens (tertiary/aromatic N) is 6. The second-order valence-corrected chi connectivity index (χ2v) is 18.6. The van der Waals surface area contributed by atoms with Crippen molar-refractivity contribution in [1.29, 1.82) is 0 Å². The maximum atomic E-state index is 14.6. The number of hydrogen-bond acceptors (Lipinski definition) is 13. The van der Waals surface area contributed by atoms with Gasteiger partial charge in [0.25, 0.3) is 0 Å². The Bertz CT molecular complexity index is 1850. The van der Waals surface area contributed by atoms with E-state index in [1.807, 2.05) is 71.1 Å². The summed E-state index contributed by atoms with van der Waals surface area (Å²) in [5, 5.41) is 33.3. The third-order valence-corrected chi connectivity index (χ3v) is 13.5. The molecular formula is C46H70N6O9. The van der Waals surface area contributed by atoms with Crippen LogP contribution in [0.1, 0.15) is 119 Å². The number of carbonyl (C=O) groups excluding carboxylic acids is 3. The van der Waals surface area contributed by atoms with E-state index >= 15 is 0 Å². The van der Waals surface area contributed by atoms with Crippen molar-refractivity contribution in [1.82, 2.24) is 19.7 Å². The third-order valence-electron chi connectivity index (χ3n) is 13.5. The van der Waals surface area contributed by atoms with Crippen molar-refractivity contribution in [3.05, 3.63) is 42.4 Å². The normalized spacial score (nSPS) is 37.4. The topological polar surface area (TPSA) is 187 Å². The van der Waals surface area contributed by atoms with Crippen LogP contribution in [0.5, 0.6) is 0 Å². The molecule has 3 aliphatic rings. The number of ether oxygens (including phenoxy) is 3. The molecule has 2 aromatic rings. The molecule has 13 atom stereocenters. The number of amides is 1. The minimum Gasteiger partial charge on any atom is -0.459 e. The van der Waals surface area contributed by atoms with E-state index in [1.54, 1.807) is 37.8 Å². The molecule has 15 heteroatoms. The lowest BCUT2D eigenvalue weighted by molar-refractivity contribution is -0.286. The first-order chi connectivity index (χ1) is 28.8. The minimum atomic E-state index is -1.56. The summed E-state index contributed by atoms with van der Waals surface area (Å²) in [6.07, 6.45) is 4.90. The monoisotopic (exact) mass is 851 g/mol. The maximum Gasteiger partial charge on any atom is 0.316 e. The van der Waals surface area contributed by atoms with Gasteiger partial charge in [0.05, 0.1) is 17.9 Å². The molecule has 4 heterocycles. The molecule has 15 nitrogen and oxygen atoms in total. The van der Waals surface area contributed by atoms with Crippen molar-refractivity contribution >= 4 is 29.1 Å². The highest BCUT2D eigenvalue weighted by atomic mass is 16.7. The first kappa shape index (κ1) is 48.1. The highest BCUT2D eigenvalue weighted by Gasteiger charge is 2.51. The van der Waals surface area contributed by atoms with E-state index in [0.717, 1.165) is 11.3 Å². The number of aliphatic imine (C=N–C) groups is 1. The van der Waals surface area contributed by atoms with Gasteiger partial charge in [0.15, 0.2) is 17.9 Å². The van der Waals surface area contributed by atoms with Crippen LogP contribution in [0.3, 0.4) is 0 Å². The number of aromatic nitrogens is 3. The van der Waals surface area contributed by atoms with Crippen LogP contribution in [0.25, 0.3) is 5.82 Å². The number of cyclic esters (lactones) is 1. The molecule has 0 radical (unpaired) electrons. The van der Waals surface area contributed by atoms with Crippen LogP contribution in [0.2, 0.25) is 0 Å². The molecule has 0 spiro atoms. The van der Waals surface area contributed by atoms with Crippen LogP contribution in [0.4, 0.5) is 0 Å². The number of carbonyl (C=O) groups is 3. The molecule has 1 saturated carbocycles. The molecule has 5 rings (SSSR count). The van der Waals surface area contributed by atoms with Gasteiger partial charge in [-0.3, -0.25) is 14.4 Å². The van der Waals surface area contributed by atoms with Gasteiger partial charge in [-0.1, -0.05) is 45.8 Å². The summed E-state index contributed by atoms with van der Waals surface area (Å²) < 4.78 is 21.1. The summed E-state index contributed by atoms with van der Waals surface area (Å²) in [5.74, 6) is -4.08. The van der Waals surface area contributed by atoms with Gasteiger partial charge in [-0.2, -0.15) is 5.10 Å².